The molecule has 1 aromatic heterocycles. The monoisotopic (exact) mass is 225 g/mol. The van der Waals surface area contributed by atoms with Gasteiger partial charge in [0, 0.05) is 0 Å². The van der Waals surface area contributed by atoms with Crippen LogP contribution in [0.5, 0.6) is 6.08 Å². The number of aromatic nitrogens is 1. The second-order valence-corrected chi connectivity index (χ2v) is 2.39. The number of hydrogen-bond acceptors (Lipinski definition) is 4. The molecule has 1 aromatic rings. The zero-order valence-corrected chi connectivity index (χ0v) is 7.46. The largest absolute Gasteiger partial charge is 0.475 e. The highest BCUT2D eigenvalue weighted by molar-refractivity contribution is 5.85. The van der Waals surface area contributed by atoms with Crippen molar-refractivity contribution in [2.75, 3.05) is 6.61 Å². The summed E-state index contributed by atoms with van der Waals surface area (Å²) in [6.45, 7) is 1.52. The van der Waals surface area contributed by atoms with Gasteiger partial charge in [-0.15, -0.1) is 0 Å². The molecule has 1 rings (SSSR count). The lowest BCUT2D eigenvalue weighted by atomic mass is 10.3. The van der Waals surface area contributed by atoms with Crippen molar-refractivity contribution in [3.63, 3.8) is 0 Å². The van der Waals surface area contributed by atoms with E-state index in [1.165, 1.54) is 6.92 Å². The Balaban J connectivity index is 3.18. The molecule has 0 aliphatic heterocycles. The van der Waals surface area contributed by atoms with Crippen molar-refractivity contribution in [3.05, 3.63) is 11.5 Å². The predicted molar refractivity (Wildman–Crippen MR) is 39.6 cm³/mol. The average molecular weight is 225 g/mol. The minimum absolute atomic E-state index is 0.0247. The molecule has 0 fully saturated rings. The van der Waals surface area contributed by atoms with Crippen molar-refractivity contribution in [1.29, 1.82) is 0 Å². The molecule has 0 aliphatic rings. The summed E-state index contributed by atoms with van der Waals surface area (Å²) in [6, 6.07) is 0. The fourth-order valence-corrected chi connectivity index (χ4v) is 0.823. The molecule has 0 aliphatic carbocycles. The molecule has 15 heavy (non-hydrogen) atoms. The number of carboxylic acids is 1. The van der Waals surface area contributed by atoms with Crippen LogP contribution in [0.3, 0.4) is 0 Å². The van der Waals surface area contributed by atoms with Gasteiger partial charge in [0.25, 0.3) is 0 Å². The lowest BCUT2D eigenvalue weighted by Gasteiger charge is -2.00. The topological polar surface area (TPSA) is 72.6 Å². The first-order valence-electron chi connectivity index (χ1n) is 3.80. The zero-order chi connectivity index (χ0) is 11.6. The molecule has 8 heteroatoms. The molecule has 0 bridgehead atoms. The summed E-state index contributed by atoms with van der Waals surface area (Å²) in [6.07, 6.45) is -5.59. The summed E-state index contributed by atoms with van der Waals surface area (Å²) >= 11 is 0. The van der Waals surface area contributed by atoms with Gasteiger partial charge in [0.05, 0.1) is 6.61 Å². The van der Waals surface area contributed by atoms with E-state index < -0.39 is 29.7 Å². The number of aromatic carboxylic acids is 1. The van der Waals surface area contributed by atoms with Gasteiger partial charge in [0.15, 0.2) is 0 Å². The van der Waals surface area contributed by atoms with Gasteiger partial charge in [-0.1, -0.05) is 0 Å². The molecule has 0 saturated carbocycles. The smallest absolute Gasteiger partial charge is 0.437 e. The van der Waals surface area contributed by atoms with E-state index in [2.05, 4.69) is 14.1 Å². The summed E-state index contributed by atoms with van der Waals surface area (Å²) in [4.78, 5) is 13.3. The van der Waals surface area contributed by atoms with Crippen LogP contribution in [0, 0.1) is 0 Å². The molecule has 0 radical (unpaired) electrons. The van der Waals surface area contributed by atoms with E-state index in [1.54, 1.807) is 0 Å². The highest BCUT2D eigenvalue weighted by Crippen LogP contribution is 2.33. The fourth-order valence-electron chi connectivity index (χ4n) is 0.823. The van der Waals surface area contributed by atoms with E-state index >= 15 is 0 Å². The Morgan fingerprint density at radius 3 is 2.53 bits per heavy atom. The van der Waals surface area contributed by atoms with Gasteiger partial charge < -0.3 is 14.3 Å². The first-order chi connectivity index (χ1) is 6.86. The number of ether oxygens (including phenoxy) is 1. The number of carbonyl (C=O) groups is 1. The highest BCUT2D eigenvalue weighted by Gasteiger charge is 2.41. The van der Waals surface area contributed by atoms with E-state index in [0.29, 0.717) is 0 Å². The lowest BCUT2D eigenvalue weighted by Crippen LogP contribution is -2.11. The lowest BCUT2D eigenvalue weighted by molar-refractivity contribution is -0.141. The first kappa shape index (κ1) is 11.3. The van der Waals surface area contributed by atoms with Crippen LogP contribution in [0.2, 0.25) is 0 Å². The molecule has 0 saturated heterocycles. The molecule has 5 nitrogen and oxygen atoms in total. The van der Waals surface area contributed by atoms with Crippen molar-refractivity contribution in [2.24, 2.45) is 0 Å². The van der Waals surface area contributed by atoms with Gasteiger partial charge in [0.1, 0.15) is 0 Å². The van der Waals surface area contributed by atoms with Crippen molar-refractivity contribution >= 4 is 5.97 Å². The standard InChI is InChI=1S/C7H6F3NO4/c1-2-14-6-11-4(7(8,9)10)3(15-6)5(12)13/h2H2,1H3,(H,12,13). The third kappa shape index (κ3) is 2.39. The molecule has 1 N–H and O–H groups in total. The predicted octanol–water partition coefficient (Wildman–Crippen LogP) is 1.79. The maximum Gasteiger partial charge on any atom is 0.437 e. The Hall–Kier alpha value is -1.73. The Bertz CT molecular complexity index is 371. The van der Waals surface area contributed by atoms with Crippen molar-refractivity contribution in [3.8, 4) is 6.08 Å². The average Bonchev–Trinajstić information content (AvgIpc) is 2.48. The van der Waals surface area contributed by atoms with E-state index in [9.17, 15) is 18.0 Å². The van der Waals surface area contributed by atoms with Crippen LogP contribution in [0.15, 0.2) is 4.42 Å². The molecule has 0 spiro atoms. The van der Waals surface area contributed by atoms with E-state index in [0.717, 1.165) is 0 Å². The maximum absolute atomic E-state index is 12.2. The van der Waals surface area contributed by atoms with Gasteiger partial charge in [-0.3, -0.25) is 0 Å². The molecule has 0 amide bonds. The van der Waals surface area contributed by atoms with E-state index in [4.69, 9.17) is 5.11 Å². The SMILES string of the molecule is CCOc1nc(C(F)(F)F)c(C(=O)O)o1. The number of nitrogens with zero attached hydrogens (tertiary/aromatic N) is 1. The third-order valence-electron chi connectivity index (χ3n) is 1.34. The third-order valence-corrected chi connectivity index (χ3v) is 1.34. The second kappa shape index (κ2) is 3.79. The number of halogens is 3. The number of oxazole rings is 1. The Kier molecular flexibility index (Phi) is 2.87. The summed E-state index contributed by atoms with van der Waals surface area (Å²) in [7, 11) is 0. The minimum Gasteiger partial charge on any atom is -0.475 e. The van der Waals surface area contributed by atoms with Crippen LogP contribution in [-0.2, 0) is 6.18 Å². The summed E-state index contributed by atoms with van der Waals surface area (Å²) in [5.41, 5.74) is -1.60. The number of hydrogen-bond donors (Lipinski definition) is 1. The minimum atomic E-state index is -4.88. The van der Waals surface area contributed by atoms with Crippen LogP contribution in [0.1, 0.15) is 23.2 Å². The Labute approximate surface area is 81.5 Å². The summed E-state index contributed by atoms with van der Waals surface area (Å²) < 4.78 is 45.5. The van der Waals surface area contributed by atoms with Crippen LogP contribution < -0.4 is 4.74 Å². The molecule has 84 valence electrons. The second-order valence-electron chi connectivity index (χ2n) is 2.39. The number of alkyl halides is 3. The van der Waals surface area contributed by atoms with Crippen molar-refractivity contribution in [2.45, 2.75) is 13.1 Å². The Morgan fingerprint density at radius 2 is 2.20 bits per heavy atom. The van der Waals surface area contributed by atoms with E-state index in [-0.39, 0.29) is 6.61 Å². The number of rotatable bonds is 3. The molecular weight excluding hydrogens is 219 g/mol. The van der Waals surface area contributed by atoms with Crippen LogP contribution >= 0.6 is 0 Å². The first-order valence-corrected chi connectivity index (χ1v) is 3.80. The van der Waals surface area contributed by atoms with Crippen LogP contribution in [0.25, 0.3) is 0 Å². The van der Waals surface area contributed by atoms with Crippen LogP contribution in [0.4, 0.5) is 13.2 Å². The normalized spacial score (nSPS) is 11.5. The highest BCUT2D eigenvalue weighted by atomic mass is 19.4. The quantitative estimate of drug-likeness (QED) is 0.848. The van der Waals surface area contributed by atoms with E-state index in [1.807, 2.05) is 0 Å². The zero-order valence-electron chi connectivity index (χ0n) is 7.46. The van der Waals surface area contributed by atoms with Crippen LogP contribution in [-0.4, -0.2) is 22.7 Å². The molecule has 1 heterocycles. The molecular formula is C7H6F3NO4. The molecule has 0 unspecified atom stereocenters. The maximum atomic E-state index is 12.2. The van der Waals surface area contributed by atoms with Gasteiger partial charge >= 0.3 is 18.2 Å². The van der Waals surface area contributed by atoms with Gasteiger partial charge in [-0.2, -0.15) is 18.2 Å². The number of carboxylic acid groups (broad SMARTS) is 1. The molecule has 0 aromatic carbocycles. The summed E-state index contributed by atoms with van der Waals surface area (Å²) in [5, 5.41) is 8.42. The van der Waals surface area contributed by atoms with Crippen molar-refractivity contribution < 1.29 is 32.2 Å². The van der Waals surface area contributed by atoms with Gasteiger partial charge in [-0.25, -0.2) is 4.79 Å². The Morgan fingerprint density at radius 1 is 1.60 bits per heavy atom. The summed E-state index contributed by atoms with van der Waals surface area (Å²) in [5.74, 6) is -3.12. The van der Waals surface area contributed by atoms with Crippen molar-refractivity contribution in [1.82, 2.24) is 4.98 Å². The molecule has 0 atom stereocenters. The van der Waals surface area contributed by atoms with Gasteiger partial charge in [0.2, 0.25) is 11.5 Å². The fraction of sp³-hybridized carbons (Fsp3) is 0.429. The van der Waals surface area contributed by atoms with Gasteiger partial charge in [-0.05, 0) is 6.92 Å².